The Morgan fingerprint density at radius 1 is 1.44 bits per heavy atom. The monoisotopic (exact) mass is 225 g/mol. The van der Waals surface area contributed by atoms with Gasteiger partial charge in [-0.1, -0.05) is 0 Å². The van der Waals surface area contributed by atoms with Gasteiger partial charge in [0.05, 0.1) is 5.56 Å². The lowest BCUT2D eigenvalue weighted by Crippen LogP contribution is -2.42. The fourth-order valence-electron chi connectivity index (χ4n) is 1.07. The molecule has 0 bridgehead atoms. The Hall–Kier alpha value is -2.11. The minimum atomic E-state index is -0.838. The molecule has 0 fully saturated rings. The zero-order valence-electron chi connectivity index (χ0n) is 8.66. The molecule has 0 aliphatic carbocycles. The number of nitrogens with two attached hydrogens (primary N) is 2. The largest absolute Gasteiger partial charge is 0.398 e. The van der Waals surface area contributed by atoms with Crippen LogP contribution in [0.15, 0.2) is 18.2 Å². The molecule has 0 aliphatic rings. The molecule has 0 heterocycles. The highest BCUT2D eigenvalue weighted by Gasteiger charge is 2.16. The van der Waals surface area contributed by atoms with Crippen LogP contribution in [0.2, 0.25) is 0 Å². The van der Waals surface area contributed by atoms with Crippen molar-refractivity contribution >= 4 is 17.5 Å². The molecule has 1 aromatic rings. The summed E-state index contributed by atoms with van der Waals surface area (Å²) < 4.78 is 12.9. The van der Waals surface area contributed by atoms with E-state index in [4.69, 9.17) is 11.5 Å². The molecule has 16 heavy (non-hydrogen) atoms. The van der Waals surface area contributed by atoms with E-state index >= 15 is 0 Å². The maximum absolute atomic E-state index is 12.9. The topological polar surface area (TPSA) is 98.2 Å². The van der Waals surface area contributed by atoms with Crippen LogP contribution in [0, 0.1) is 5.82 Å². The molecule has 1 atom stereocenters. The minimum Gasteiger partial charge on any atom is -0.398 e. The number of halogens is 1. The first-order valence-electron chi connectivity index (χ1n) is 4.57. The van der Waals surface area contributed by atoms with Crippen LogP contribution in [0.1, 0.15) is 17.3 Å². The van der Waals surface area contributed by atoms with Gasteiger partial charge in [-0.25, -0.2) is 4.39 Å². The normalized spacial score (nSPS) is 11.9. The van der Waals surface area contributed by atoms with Crippen molar-refractivity contribution in [2.45, 2.75) is 13.0 Å². The number of primary amides is 1. The van der Waals surface area contributed by atoms with E-state index < -0.39 is 23.7 Å². The zero-order chi connectivity index (χ0) is 12.3. The lowest BCUT2D eigenvalue weighted by Gasteiger charge is -2.11. The summed E-state index contributed by atoms with van der Waals surface area (Å²) in [4.78, 5) is 22.3. The lowest BCUT2D eigenvalue weighted by molar-refractivity contribution is -0.119. The molecule has 0 radical (unpaired) electrons. The van der Waals surface area contributed by atoms with Gasteiger partial charge in [0.1, 0.15) is 11.9 Å². The minimum absolute atomic E-state index is 0.0203. The molecule has 0 aromatic heterocycles. The summed E-state index contributed by atoms with van der Waals surface area (Å²) in [7, 11) is 0. The highest BCUT2D eigenvalue weighted by atomic mass is 19.1. The van der Waals surface area contributed by atoms with Gasteiger partial charge >= 0.3 is 0 Å². The molecule has 5 N–H and O–H groups in total. The smallest absolute Gasteiger partial charge is 0.254 e. The van der Waals surface area contributed by atoms with Crippen molar-refractivity contribution in [3.63, 3.8) is 0 Å². The molecule has 1 unspecified atom stereocenters. The van der Waals surface area contributed by atoms with Crippen LogP contribution in [0.3, 0.4) is 0 Å². The van der Waals surface area contributed by atoms with E-state index in [-0.39, 0.29) is 11.3 Å². The Labute approximate surface area is 91.6 Å². The predicted molar refractivity (Wildman–Crippen MR) is 56.9 cm³/mol. The fraction of sp³-hybridized carbons (Fsp3) is 0.200. The number of carbonyl (C=O) groups excluding carboxylic acids is 2. The third-order valence-electron chi connectivity index (χ3n) is 2.03. The number of rotatable bonds is 3. The first-order valence-corrected chi connectivity index (χ1v) is 4.57. The van der Waals surface area contributed by atoms with Gasteiger partial charge in [-0.2, -0.15) is 0 Å². The van der Waals surface area contributed by atoms with E-state index in [0.717, 1.165) is 12.1 Å². The predicted octanol–water partition coefficient (Wildman–Crippen LogP) is 0.0115. The number of nitrogens with one attached hydrogen (secondary N) is 1. The summed E-state index contributed by atoms with van der Waals surface area (Å²) in [6.45, 7) is 1.43. The molecule has 0 saturated carbocycles. The summed E-state index contributed by atoms with van der Waals surface area (Å²) in [5.41, 5.74) is 10.6. The summed E-state index contributed by atoms with van der Waals surface area (Å²) in [5.74, 6) is -1.89. The second-order valence-electron chi connectivity index (χ2n) is 3.33. The summed E-state index contributed by atoms with van der Waals surface area (Å²) >= 11 is 0. The SMILES string of the molecule is CC(NC(=O)c1cc(F)ccc1N)C(N)=O. The van der Waals surface area contributed by atoms with Crippen molar-refractivity contribution in [1.82, 2.24) is 5.32 Å². The number of anilines is 1. The van der Waals surface area contributed by atoms with Crippen LogP contribution in [0.4, 0.5) is 10.1 Å². The number of hydrogen-bond acceptors (Lipinski definition) is 3. The first-order chi connectivity index (χ1) is 7.41. The van der Waals surface area contributed by atoms with Crippen molar-refractivity contribution in [2.24, 2.45) is 5.73 Å². The molecule has 2 amide bonds. The van der Waals surface area contributed by atoms with E-state index in [1.807, 2.05) is 0 Å². The average Bonchev–Trinajstić information content (AvgIpc) is 2.21. The number of carbonyl (C=O) groups is 2. The van der Waals surface area contributed by atoms with Gasteiger partial charge in [0, 0.05) is 5.69 Å². The Bertz CT molecular complexity index is 434. The molecular formula is C10H12FN3O2. The Morgan fingerprint density at radius 2 is 2.06 bits per heavy atom. The van der Waals surface area contributed by atoms with Gasteiger partial charge in [-0.3, -0.25) is 9.59 Å². The quantitative estimate of drug-likeness (QED) is 0.632. The molecular weight excluding hydrogens is 213 g/mol. The summed E-state index contributed by atoms with van der Waals surface area (Å²) in [6, 6.07) is 2.58. The number of amides is 2. The van der Waals surface area contributed by atoms with Gasteiger partial charge in [-0.15, -0.1) is 0 Å². The first kappa shape index (κ1) is 12.0. The van der Waals surface area contributed by atoms with E-state index in [1.54, 1.807) is 0 Å². The van der Waals surface area contributed by atoms with E-state index in [0.29, 0.717) is 0 Å². The van der Waals surface area contributed by atoms with Crippen LogP contribution >= 0.6 is 0 Å². The van der Waals surface area contributed by atoms with Crippen LogP contribution in [-0.2, 0) is 4.79 Å². The number of nitrogen functional groups attached to an aromatic ring is 1. The number of hydrogen-bond donors (Lipinski definition) is 3. The maximum atomic E-state index is 12.9. The van der Waals surface area contributed by atoms with Crippen LogP contribution in [0.5, 0.6) is 0 Å². The summed E-state index contributed by atoms with van der Waals surface area (Å²) in [5, 5.41) is 2.30. The molecule has 5 nitrogen and oxygen atoms in total. The fourth-order valence-corrected chi connectivity index (χ4v) is 1.07. The molecule has 86 valence electrons. The second-order valence-corrected chi connectivity index (χ2v) is 3.33. The molecule has 0 spiro atoms. The van der Waals surface area contributed by atoms with E-state index in [9.17, 15) is 14.0 Å². The van der Waals surface area contributed by atoms with Gasteiger partial charge in [0.25, 0.3) is 5.91 Å². The van der Waals surface area contributed by atoms with Crippen molar-refractivity contribution in [3.8, 4) is 0 Å². The van der Waals surface area contributed by atoms with Crippen LogP contribution in [0.25, 0.3) is 0 Å². The molecule has 0 aliphatic heterocycles. The molecule has 1 rings (SSSR count). The van der Waals surface area contributed by atoms with Gasteiger partial charge in [-0.05, 0) is 25.1 Å². The standard InChI is InChI=1S/C10H12FN3O2/c1-5(9(13)15)14-10(16)7-4-6(11)2-3-8(7)12/h2-5H,12H2,1H3,(H2,13,15)(H,14,16). The average molecular weight is 225 g/mol. The summed E-state index contributed by atoms with van der Waals surface area (Å²) in [6.07, 6.45) is 0. The van der Waals surface area contributed by atoms with E-state index in [1.165, 1.54) is 13.0 Å². The molecule has 1 aromatic carbocycles. The van der Waals surface area contributed by atoms with Crippen molar-refractivity contribution < 1.29 is 14.0 Å². The highest BCUT2D eigenvalue weighted by Crippen LogP contribution is 2.13. The third-order valence-corrected chi connectivity index (χ3v) is 2.03. The Morgan fingerprint density at radius 3 is 2.62 bits per heavy atom. The third kappa shape index (κ3) is 2.69. The van der Waals surface area contributed by atoms with Gasteiger partial charge in [0.2, 0.25) is 5.91 Å². The molecule has 0 saturated heterocycles. The van der Waals surface area contributed by atoms with Crippen molar-refractivity contribution in [3.05, 3.63) is 29.6 Å². The van der Waals surface area contributed by atoms with Gasteiger partial charge < -0.3 is 16.8 Å². The Kier molecular flexibility index (Phi) is 3.44. The van der Waals surface area contributed by atoms with Crippen molar-refractivity contribution in [1.29, 1.82) is 0 Å². The zero-order valence-corrected chi connectivity index (χ0v) is 8.66. The highest BCUT2D eigenvalue weighted by molar-refractivity contribution is 6.01. The lowest BCUT2D eigenvalue weighted by atomic mass is 10.1. The van der Waals surface area contributed by atoms with Gasteiger partial charge in [0.15, 0.2) is 0 Å². The van der Waals surface area contributed by atoms with Crippen molar-refractivity contribution in [2.75, 3.05) is 5.73 Å². The second kappa shape index (κ2) is 4.61. The van der Waals surface area contributed by atoms with Crippen LogP contribution in [-0.4, -0.2) is 17.9 Å². The van der Waals surface area contributed by atoms with Crippen LogP contribution < -0.4 is 16.8 Å². The maximum Gasteiger partial charge on any atom is 0.254 e. The molecule has 6 heteroatoms. The number of benzene rings is 1. The Balaban J connectivity index is 2.88. The van der Waals surface area contributed by atoms with E-state index in [2.05, 4.69) is 5.32 Å².